The fraction of sp³-hybridized carbons (Fsp3) is 1.00. The first kappa shape index (κ1) is 15.8. The Balaban J connectivity index is 2.13. The van der Waals surface area contributed by atoms with Crippen molar-refractivity contribution in [1.82, 2.24) is 19.2 Å². The standard InChI is InChI=1S/C11H26N4O2S/c1-14(2)10-8-13-18(16,17)15(3)9-4-7-12-11-5-6-11/h11-13H,4-10H2,1-3H3. The van der Waals surface area contributed by atoms with E-state index in [1.807, 2.05) is 19.0 Å². The smallest absolute Gasteiger partial charge is 0.279 e. The van der Waals surface area contributed by atoms with Crippen LogP contribution in [0.5, 0.6) is 0 Å². The van der Waals surface area contributed by atoms with Crippen LogP contribution in [0.3, 0.4) is 0 Å². The maximum atomic E-state index is 11.8. The van der Waals surface area contributed by atoms with Gasteiger partial charge in [0.1, 0.15) is 0 Å². The first-order chi connectivity index (χ1) is 8.42. The molecule has 6 nitrogen and oxygen atoms in total. The molecule has 0 amide bonds. The lowest BCUT2D eigenvalue weighted by atomic mass is 10.4. The van der Waals surface area contributed by atoms with Gasteiger partial charge in [0.2, 0.25) is 0 Å². The molecule has 0 atom stereocenters. The van der Waals surface area contributed by atoms with Crippen molar-refractivity contribution in [3.05, 3.63) is 0 Å². The number of hydrogen-bond donors (Lipinski definition) is 2. The van der Waals surface area contributed by atoms with Gasteiger partial charge in [-0.1, -0.05) is 0 Å². The molecular weight excluding hydrogens is 252 g/mol. The van der Waals surface area contributed by atoms with Gasteiger partial charge in [0.05, 0.1) is 0 Å². The van der Waals surface area contributed by atoms with Gasteiger partial charge in [0.15, 0.2) is 0 Å². The molecular formula is C11H26N4O2S. The Bertz CT molecular complexity index is 328. The van der Waals surface area contributed by atoms with Crippen LogP contribution in [0.4, 0.5) is 0 Å². The third-order valence-electron chi connectivity index (χ3n) is 2.91. The number of nitrogens with zero attached hydrogens (tertiary/aromatic N) is 2. The molecule has 0 aromatic carbocycles. The highest BCUT2D eigenvalue weighted by molar-refractivity contribution is 7.87. The number of hydrogen-bond acceptors (Lipinski definition) is 4. The summed E-state index contributed by atoms with van der Waals surface area (Å²) in [5.74, 6) is 0. The molecule has 0 aromatic rings. The minimum Gasteiger partial charge on any atom is -0.314 e. The Kier molecular flexibility index (Phi) is 6.51. The average molecular weight is 278 g/mol. The predicted octanol–water partition coefficient (Wildman–Crippen LogP) is -0.544. The zero-order valence-electron chi connectivity index (χ0n) is 11.6. The van der Waals surface area contributed by atoms with Crippen LogP contribution >= 0.6 is 0 Å². The molecule has 0 radical (unpaired) electrons. The maximum Gasteiger partial charge on any atom is 0.279 e. The summed E-state index contributed by atoms with van der Waals surface area (Å²) in [5, 5.41) is 3.37. The van der Waals surface area contributed by atoms with Crippen molar-refractivity contribution in [3.63, 3.8) is 0 Å². The summed E-state index contributed by atoms with van der Waals surface area (Å²) in [4.78, 5) is 1.95. The average Bonchev–Trinajstić information content (AvgIpc) is 3.07. The van der Waals surface area contributed by atoms with Gasteiger partial charge in [-0.3, -0.25) is 0 Å². The van der Waals surface area contributed by atoms with Gasteiger partial charge in [0.25, 0.3) is 10.2 Å². The zero-order chi connectivity index (χ0) is 13.6. The lowest BCUT2D eigenvalue weighted by molar-refractivity contribution is 0.402. The van der Waals surface area contributed by atoms with Crippen LogP contribution in [-0.2, 0) is 10.2 Å². The molecule has 1 saturated carbocycles. The SMILES string of the molecule is CN(C)CCNS(=O)(=O)N(C)CCCNC1CC1. The third kappa shape index (κ3) is 6.65. The summed E-state index contributed by atoms with van der Waals surface area (Å²) < 4.78 is 27.6. The van der Waals surface area contributed by atoms with E-state index in [2.05, 4.69) is 10.0 Å². The second-order valence-electron chi connectivity index (χ2n) is 5.11. The first-order valence-corrected chi connectivity index (χ1v) is 7.95. The molecule has 0 spiro atoms. The Morgan fingerprint density at radius 2 is 1.78 bits per heavy atom. The summed E-state index contributed by atoms with van der Waals surface area (Å²) >= 11 is 0. The van der Waals surface area contributed by atoms with E-state index in [-0.39, 0.29) is 0 Å². The molecule has 1 aliphatic carbocycles. The number of likely N-dealkylation sites (N-methyl/N-ethyl adjacent to an activating group) is 1. The van der Waals surface area contributed by atoms with E-state index >= 15 is 0 Å². The van der Waals surface area contributed by atoms with Crippen molar-refractivity contribution < 1.29 is 8.42 Å². The van der Waals surface area contributed by atoms with Crippen LogP contribution in [0, 0.1) is 0 Å². The van der Waals surface area contributed by atoms with Gasteiger partial charge in [0, 0.05) is 32.7 Å². The van der Waals surface area contributed by atoms with Gasteiger partial charge in [-0.25, -0.2) is 4.72 Å². The fourth-order valence-electron chi connectivity index (χ4n) is 1.52. The van der Waals surface area contributed by atoms with Gasteiger partial charge >= 0.3 is 0 Å². The summed E-state index contributed by atoms with van der Waals surface area (Å²) in [6.45, 7) is 2.59. The lowest BCUT2D eigenvalue weighted by Gasteiger charge is -2.18. The summed E-state index contributed by atoms with van der Waals surface area (Å²) in [5.41, 5.74) is 0. The van der Waals surface area contributed by atoms with Crippen LogP contribution in [0.2, 0.25) is 0 Å². The molecule has 18 heavy (non-hydrogen) atoms. The Morgan fingerprint density at radius 1 is 1.11 bits per heavy atom. The Hall–Kier alpha value is -0.210. The van der Waals surface area contributed by atoms with Crippen molar-refractivity contribution in [2.45, 2.75) is 25.3 Å². The van der Waals surface area contributed by atoms with Crippen LogP contribution in [0.25, 0.3) is 0 Å². The Morgan fingerprint density at radius 3 is 2.33 bits per heavy atom. The molecule has 0 unspecified atom stereocenters. The van der Waals surface area contributed by atoms with Crippen molar-refractivity contribution in [3.8, 4) is 0 Å². The highest BCUT2D eigenvalue weighted by atomic mass is 32.2. The van der Waals surface area contributed by atoms with Gasteiger partial charge < -0.3 is 10.2 Å². The molecule has 2 N–H and O–H groups in total. The van der Waals surface area contributed by atoms with E-state index < -0.39 is 10.2 Å². The van der Waals surface area contributed by atoms with Crippen LogP contribution in [-0.4, -0.2) is 71.0 Å². The minimum absolute atomic E-state index is 0.444. The highest BCUT2D eigenvalue weighted by Crippen LogP contribution is 2.18. The number of rotatable bonds is 10. The highest BCUT2D eigenvalue weighted by Gasteiger charge is 2.20. The van der Waals surface area contributed by atoms with Crippen LogP contribution < -0.4 is 10.0 Å². The van der Waals surface area contributed by atoms with Crippen LogP contribution in [0.1, 0.15) is 19.3 Å². The van der Waals surface area contributed by atoms with E-state index in [0.717, 1.165) is 13.0 Å². The van der Waals surface area contributed by atoms with E-state index in [1.165, 1.54) is 17.1 Å². The predicted molar refractivity (Wildman–Crippen MR) is 73.7 cm³/mol. The topological polar surface area (TPSA) is 64.7 Å². The monoisotopic (exact) mass is 278 g/mol. The maximum absolute atomic E-state index is 11.8. The quantitative estimate of drug-likeness (QED) is 0.527. The fourth-order valence-corrected chi connectivity index (χ4v) is 2.46. The molecule has 0 bridgehead atoms. The summed E-state index contributed by atoms with van der Waals surface area (Å²) in [6, 6.07) is 0.685. The molecule has 0 saturated heterocycles. The van der Waals surface area contributed by atoms with Crippen molar-refractivity contribution in [2.24, 2.45) is 0 Å². The second kappa shape index (κ2) is 7.40. The largest absolute Gasteiger partial charge is 0.314 e. The van der Waals surface area contributed by atoms with E-state index in [4.69, 9.17) is 0 Å². The molecule has 0 aliphatic heterocycles. The first-order valence-electron chi connectivity index (χ1n) is 6.51. The van der Waals surface area contributed by atoms with E-state index in [0.29, 0.717) is 25.7 Å². The summed E-state index contributed by atoms with van der Waals surface area (Å²) in [7, 11) is 2.14. The van der Waals surface area contributed by atoms with Crippen LogP contribution in [0.15, 0.2) is 0 Å². The molecule has 7 heteroatoms. The van der Waals surface area contributed by atoms with Gasteiger partial charge in [-0.2, -0.15) is 12.7 Å². The lowest BCUT2D eigenvalue weighted by Crippen LogP contribution is -2.41. The zero-order valence-corrected chi connectivity index (χ0v) is 12.5. The molecule has 1 fully saturated rings. The molecule has 1 aliphatic rings. The van der Waals surface area contributed by atoms with E-state index in [1.54, 1.807) is 7.05 Å². The minimum atomic E-state index is -3.31. The third-order valence-corrected chi connectivity index (χ3v) is 4.49. The van der Waals surface area contributed by atoms with Gasteiger partial charge in [-0.15, -0.1) is 0 Å². The van der Waals surface area contributed by atoms with Crippen molar-refractivity contribution in [2.75, 3.05) is 47.3 Å². The van der Waals surface area contributed by atoms with Gasteiger partial charge in [-0.05, 0) is 39.9 Å². The summed E-state index contributed by atoms with van der Waals surface area (Å²) in [6.07, 6.45) is 3.38. The second-order valence-corrected chi connectivity index (χ2v) is 6.97. The molecule has 0 heterocycles. The molecule has 0 aromatic heterocycles. The van der Waals surface area contributed by atoms with Crippen molar-refractivity contribution in [1.29, 1.82) is 0 Å². The molecule has 1 rings (SSSR count). The number of nitrogens with one attached hydrogen (secondary N) is 2. The normalized spacial score (nSPS) is 16.7. The van der Waals surface area contributed by atoms with Crippen molar-refractivity contribution >= 4 is 10.2 Å². The Labute approximate surface area is 111 Å². The van der Waals surface area contributed by atoms with E-state index in [9.17, 15) is 8.42 Å². The molecule has 108 valence electrons.